The number of amides is 2. The normalized spacial score (nSPS) is 13.9. The van der Waals surface area contributed by atoms with Crippen molar-refractivity contribution in [2.45, 2.75) is 37.9 Å². The van der Waals surface area contributed by atoms with Crippen molar-refractivity contribution in [3.8, 4) is 0 Å². The number of nitrogens with zero attached hydrogens (tertiary/aromatic N) is 3. The molecule has 0 aliphatic carbocycles. The number of hydrogen-bond donors (Lipinski definition) is 1. The Kier molecular flexibility index (Phi) is 7.12. The van der Waals surface area contributed by atoms with E-state index in [0.29, 0.717) is 22.6 Å². The van der Waals surface area contributed by atoms with Crippen LogP contribution in [0.5, 0.6) is 0 Å². The van der Waals surface area contributed by atoms with Crippen LogP contribution in [0, 0.1) is 0 Å². The topological polar surface area (TPSA) is 84.3 Å². The van der Waals surface area contributed by atoms with E-state index in [1.807, 2.05) is 13.0 Å². The molecule has 2 aromatic rings. The van der Waals surface area contributed by atoms with Crippen LogP contribution in [0.15, 0.2) is 32.6 Å². The summed E-state index contributed by atoms with van der Waals surface area (Å²) in [6.07, 6.45) is 2.83. The van der Waals surface area contributed by atoms with E-state index in [1.54, 1.807) is 21.6 Å². The van der Waals surface area contributed by atoms with E-state index >= 15 is 0 Å². The fraction of sp³-hybridized carbons (Fsp3) is 0.474. The van der Waals surface area contributed by atoms with Crippen molar-refractivity contribution in [1.29, 1.82) is 0 Å². The SMILES string of the molecule is CCCn1c(SCC(=O)NCC(=O)N2CCCC2)nc2ccc(Br)cc2c1=O. The maximum atomic E-state index is 12.8. The summed E-state index contributed by atoms with van der Waals surface area (Å²) in [6.45, 7) is 4.07. The number of carbonyl (C=O) groups is 2. The molecule has 0 unspecified atom stereocenters. The number of rotatable bonds is 7. The van der Waals surface area contributed by atoms with Gasteiger partial charge in [0, 0.05) is 24.1 Å². The van der Waals surface area contributed by atoms with Crippen molar-refractivity contribution in [2.75, 3.05) is 25.4 Å². The van der Waals surface area contributed by atoms with Crippen LogP contribution < -0.4 is 10.9 Å². The molecular weight excluding hydrogens is 444 g/mol. The second-order valence-electron chi connectivity index (χ2n) is 6.67. The molecule has 1 fully saturated rings. The average molecular weight is 467 g/mol. The molecular formula is C19H23BrN4O3S. The Labute approximate surface area is 176 Å². The van der Waals surface area contributed by atoms with Gasteiger partial charge in [-0.15, -0.1) is 0 Å². The highest BCUT2D eigenvalue weighted by Crippen LogP contribution is 2.20. The Bertz CT molecular complexity index is 941. The highest BCUT2D eigenvalue weighted by molar-refractivity contribution is 9.10. The minimum atomic E-state index is -0.245. The van der Waals surface area contributed by atoms with Crippen molar-refractivity contribution in [3.05, 3.63) is 33.0 Å². The molecule has 28 heavy (non-hydrogen) atoms. The Balaban J connectivity index is 1.68. The van der Waals surface area contributed by atoms with Gasteiger partial charge in [-0.3, -0.25) is 19.0 Å². The Morgan fingerprint density at radius 2 is 2.04 bits per heavy atom. The summed E-state index contributed by atoms with van der Waals surface area (Å²) >= 11 is 4.60. The summed E-state index contributed by atoms with van der Waals surface area (Å²) in [5, 5.41) is 3.73. The maximum absolute atomic E-state index is 12.8. The van der Waals surface area contributed by atoms with Crippen molar-refractivity contribution < 1.29 is 9.59 Å². The minimum absolute atomic E-state index is 0.0142. The van der Waals surface area contributed by atoms with Gasteiger partial charge < -0.3 is 10.2 Å². The van der Waals surface area contributed by atoms with E-state index in [2.05, 4.69) is 26.2 Å². The smallest absolute Gasteiger partial charge is 0.262 e. The molecule has 0 radical (unpaired) electrons. The first-order chi connectivity index (χ1) is 13.5. The van der Waals surface area contributed by atoms with Gasteiger partial charge in [0.05, 0.1) is 23.2 Å². The molecule has 7 nitrogen and oxygen atoms in total. The fourth-order valence-corrected chi connectivity index (χ4v) is 4.35. The number of carbonyl (C=O) groups excluding carboxylic acids is 2. The summed E-state index contributed by atoms with van der Waals surface area (Å²) in [6, 6.07) is 5.39. The predicted molar refractivity (Wildman–Crippen MR) is 114 cm³/mol. The van der Waals surface area contributed by atoms with Crippen LogP contribution in [0.4, 0.5) is 0 Å². The third kappa shape index (κ3) is 4.94. The molecule has 2 amide bonds. The van der Waals surface area contributed by atoms with E-state index in [-0.39, 0.29) is 29.7 Å². The van der Waals surface area contributed by atoms with Crippen LogP contribution in [0.25, 0.3) is 10.9 Å². The van der Waals surface area contributed by atoms with Crippen molar-refractivity contribution >= 4 is 50.4 Å². The van der Waals surface area contributed by atoms with Gasteiger partial charge in [0.1, 0.15) is 0 Å². The molecule has 1 aliphatic rings. The third-order valence-electron chi connectivity index (χ3n) is 4.56. The molecule has 0 bridgehead atoms. The van der Waals surface area contributed by atoms with Crippen LogP contribution in [-0.2, 0) is 16.1 Å². The first kappa shape index (κ1) is 20.9. The van der Waals surface area contributed by atoms with Crippen LogP contribution >= 0.6 is 27.7 Å². The van der Waals surface area contributed by atoms with E-state index in [1.165, 1.54) is 11.8 Å². The molecule has 2 heterocycles. The van der Waals surface area contributed by atoms with Gasteiger partial charge in [-0.2, -0.15) is 0 Å². The standard InChI is InChI=1S/C19H23BrN4O3S/c1-2-7-24-18(27)14-10-13(20)5-6-15(14)22-19(24)28-12-16(25)21-11-17(26)23-8-3-4-9-23/h5-6,10H,2-4,7-9,11-12H2,1H3,(H,21,25). The van der Waals surface area contributed by atoms with E-state index in [9.17, 15) is 14.4 Å². The number of thioether (sulfide) groups is 1. The minimum Gasteiger partial charge on any atom is -0.346 e. The lowest BCUT2D eigenvalue weighted by molar-refractivity contribution is -0.131. The van der Waals surface area contributed by atoms with Crippen LogP contribution in [0.3, 0.4) is 0 Å². The molecule has 0 saturated carbocycles. The van der Waals surface area contributed by atoms with Crippen LogP contribution in [-0.4, -0.2) is 51.7 Å². The number of aromatic nitrogens is 2. The summed E-state index contributed by atoms with van der Waals surface area (Å²) in [4.78, 5) is 43.4. The molecule has 0 atom stereocenters. The van der Waals surface area contributed by atoms with Gasteiger partial charge in [-0.1, -0.05) is 34.6 Å². The lowest BCUT2D eigenvalue weighted by Crippen LogP contribution is -2.39. The monoisotopic (exact) mass is 466 g/mol. The third-order valence-corrected chi connectivity index (χ3v) is 6.03. The Morgan fingerprint density at radius 3 is 2.75 bits per heavy atom. The quantitative estimate of drug-likeness (QED) is 0.500. The van der Waals surface area contributed by atoms with Crippen molar-refractivity contribution in [1.82, 2.24) is 19.8 Å². The van der Waals surface area contributed by atoms with Gasteiger partial charge in [-0.25, -0.2) is 4.98 Å². The Hall–Kier alpha value is -1.87. The number of nitrogens with one attached hydrogen (secondary N) is 1. The van der Waals surface area contributed by atoms with Gasteiger partial charge >= 0.3 is 0 Å². The molecule has 1 N–H and O–H groups in total. The molecule has 1 aliphatic heterocycles. The molecule has 0 spiro atoms. The van der Waals surface area contributed by atoms with Gasteiger partial charge in [0.2, 0.25) is 11.8 Å². The number of halogens is 1. The highest BCUT2D eigenvalue weighted by Gasteiger charge is 2.18. The van der Waals surface area contributed by atoms with Gasteiger partial charge in [0.15, 0.2) is 5.16 Å². The van der Waals surface area contributed by atoms with Crippen molar-refractivity contribution in [2.24, 2.45) is 0 Å². The summed E-state index contributed by atoms with van der Waals surface area (Å²) in [7, 11) is 0. The first-order valence-corrected chi connectivity index (χ1v) is 11.1. The predicted octanol–water partition coefficient (Wildman–Crippen LogP) is 2.40. The van der Waals surface area contributed by atoms with Crippen LogP contribution in [0.1, 0.15) is 26.2 Å². The summed E-state index contributed by atoms with van der Waals surface area (Å²) in [5.74, 6) is -0.190. The zero-order valence-electron chi connectivity index (χ0n) is 15.7. The highest BCUT2D eigenvalue weighted by atomic mass is 79.9. The molecule has 1 aromatic heterocycles. The average Bonchev–Trinajstić information content (AvgIpc) is 3.22. The van der Waals surface area contributed by atoms with Crippen molar-refractivity contribution in [3.63, 3.8) is 0 Å². The zero-order chi connectivity index (χ0) is 20.1. The fourth-order valence-electron chi connectivity index (χ4n) is 3.14. The maximum Gasteiger partial charge on any atom is 0.262 e. The first-order valence-electron chi connectivity index (χ1n) is 9.37. The van der Waals surface area contributed by atoms with E-state index in [4.69, 9.17) is 0 Å². The number of hydrogen-bond acceptors (Lipinski definition) is 5. The molecule has 1 aromatic carbocycles. The largest absolute Gasteiger partial charge is 0.346 e. The number of likely N-dealkylation sites (tertiary alicyclic amines) is 1. The zero-order valence-corrected chi connectivity index (χ0v) is 18.1. The van der Waals surface area contributed by atoms with E-state index in [0.717, 1.165) is 36.8 Å². The Morgan fingerprint density at radius 1 is 1.29 bits per heavy atom. The molecule has 9 heteroatoms. The second-order valence-corrected chi connectivity index (χ2v) is 8.52. The summed E-state index contributed by atoms with van der Waals surface area (Å²) < 4.78 is 2.44. The van der Waals surface area contributed by atoms with Gasteiger partial charge in [0.25, 0.3) is 5.56 Å². The number of fused-ring (bicyclic) bond motifs is 1. The summed E-state index contributed by atoms with van der Waals surface area (Å²) in [5.41, 5.74) is 0.493. The second kappa shape index (κ2) is 9.56. The molecule has 1 saturated heterocycles. The number of benzene rings is 1. The molecule has 150 valence electrons. The lowest BCUT2D eigenvalue weighted by Gasteiger charge is -2.15. The molecule has 3 rings (SSSR count). The lowest BCUT2D eigenvalue weighted by atomic mass is 10.2. The van der Waals surface area contributed by atoms with E-state index < -0.39 is 0 Å². The van der Waals surface area contributed by atoms with Gasteiger partial charge in [-0.05, 0) is 37.5 Å². The van der Waals surface area contributed by atoms with Crippen LogP contribution in [0.2, 0.25) is 0 Å².